The van der Waals surface area contributed by atoms with Gasteiger partial charge in [-0.3, -0.25) is 4.79 Å². The third kappa shape index (κ3) is 4.58. The minimum atomic E-state index is -0.132. The fourth-order valence-electron chi connectivity index (χ4n) is 3.70. The lowest BCUT2D eigenvalue weighted by molar-refractivity contribution is 0.235. The van der Waals surface area contributed by atoms with Gasteiger partial charge in [0.25, 0.3) is 5.56 Å². The van der Waals surface area contributed by atoms with Crippen LogP contribution in [0.15, 0.2) is 10.9 Å². The second-order valence-corrected chi connectivity index (χ2v) is 6.97. The van der Waals surface area contributed by atoms with Crippen molar-refractivity contribution in [2.24, 2.45) is 0 Å². The largest absolute Gasteiger partial charge is 0.336 e. The van der Waals surface area contributed by atoms with Crippen molar-refractivity contribution in [3.05, 3.63) is 27.7 Å². The Morgan fingerprint density at radius 1 is 1.12 bits per heavy atom. The van der Waals surface area contributed by atoms with Crippen molar-refractivity contribution in [2.75, 3.05) is 6.54 Å². The quantitative estimate of drug-likeness (QED) is 0.830. The molecule has 2 N–H and O–H groups in total. The molecule has 1 heterocycles. The van der Waals surface area contributed by atoms with Crippen LogP contribution in [-0.4, -0.2) is 28.4 Å². The zero-order valence-electron chi connectivity index (χ0n) is 14.4. The minimum absolute atomic E-state index is 0.0679. The van der Waals surface area contributed by atoms with Crippen LogP contribution in [0.4, 0.5) is 4.79 Å². The van der Waals surface area contributed by atoms with Crippen LogP contribution in [0.5, 0.6) is 0 Å². The SMILES string of the molecule is O=C(NCCn1nc2c(cc1=O)CCCC2)NC1CCCCCC1. The average Bonchev–Trinajstić information content (AvgIpc) is 2.84. The molecule has 132 valence electrons. The second-order valence-electron chi connectivity index (χ2n) is 6.97. The lowest BCUT2D eigenvalue weighted by atomic mass is 9.97. The molecule has 0 unspecified atom stereocenters. The molecule has 6 nitrogen and oxygen atoms in total. The highest BCUT2D eigenvalue weighted by molar-refractivity contribution is 5.74. The van der Waals surface area contributed by atoms with E-state index in [-0.39, 0.29) is 17.6 Å². The lowest BCUT2D eigenvalue weighted by Crippen LogP contribution is -2.43. The number of urea groups is 1. The van der Waals surface area contributed by atoms with Gasteiger partial charge in [0, 0.05) is 18.7 Å². The van der Waals surface area contributed by atoms with E-state index in [9.17, 15) is 9.59 Å². The summed E-state index contributed by atoms with van der Waals surface area (Å²) in [6.07, 6.45) is 11.3. The maximum Gasteiger partial charge on any atom is 0.315 e. The number of rotatable bonds is 4. The van der Waals surface area contributed by atoms with E-state index in [1.807, 2.05) is 0 Å². The summed E-state index contributed by atoms with van der Waals surface area (Å²) in [7, 11) is 0. The first kappa shape index (κ1) is 17.0. The maximum atomic E-state index is 12.1. The minimum Gasteiger partial charge on any atom is -0.336 e. The summed E-state index contributed by atoms with van der Waals surface area (Å²) < 4.78 is 1.48. The number of fused-ring (bicyclic) bond motifs is 1. The molecular weight excluding hydrogens is 304 g/mol. The standard InChI is InChI=1S/C18H28N4O2/c23-17-13-14-7-5-6-10-16(14)21-22(17)12-11-19-18(24)20-15-8-3-1-2-4-9-15/h13,15H,1-12H2,(H2,19,20,24). The lowest BCUT2D eigenvalue weighted by Gasteiger charge is -2.18. The van der Waals surface area contributed by atoms with Gasteiger partial charge in [-0.2, -0.15) is 5.10 Å². The van der Waals surface area contributed by atoms with Crippen molar-refractivity contribution < 1.29 is 4.79 Å². The van der Waals surface area contributed by atoms with Crippen LogP contribution in [0.1, 0.15) is 62.6 Å². The van der Waals surface area contributed by atoms with Gasteiger partial charge in [-0.25, -0.2) is 9.48 Å². The van der Waals surface area contributed by atoms with E-state index in [4.69, 9.17) is 0 Å². The van der Waals surface area contributed by atoms with E-state index in [0.717, 1.165) is 49.8 Å². The number of aryl methyl sites for hydroxylation is 2. The first-order valence-electron chi connectivity index (χ1n) is 9.36. The van der Waals surface area contributed by atoms with Crippen LogP contribution in [0.2, 0.25) is 0 Å². The predicted octanol–water partition coefficient (Wildman–Crippen LogP) is 2.14. The van der Waals surface area contributed by atoms with Crippen LogP contribution in [0.3, 0.4) is 0 Å². The van der Waals surface area contributed by atoms with E-state index >= 15 is 0 Å². The van der Waals surface area contributed by atoms with E-state index in [0.29, 0.717) is 13.1 Å². The summed E-state index contributed by atoms with van der Waals surface area (Å²) in [5.74, 6) is 0. The molecule has 1 fully saturated rings. The Balaban J connectivity index is 1.47. The summed E-state index contributed by atoms with van der Waals surface area (Å²) in [5, 5.41) is 10.4. The van der Waals surface area contributed by atoms with Gasteiger partial charge < -0.3 is 10.6 Å². The highest BCUT2D eigenvalue weighted by Crippen LogP contribution is 2.17. The van der Waals surface area contributed by atoms with Gasteiger partial charge in [0.15, 0.2) is 0 Å². The zero-order valence-corrected chi connectivity index (χ0v) is 14.4. The third-order valence-corrected chi connectivity index (χ3v) is 5.07. The number of hydrogen-bond donors (Lipinski definition) is 2. The van der Waals surface area contributed by atoms with Gasteiger partial charge in [0.1, 0.15) is 0 Å². The van der Waals surface area contributed by atoms with Crippen molar-refractivity contribution >= 4 is 6.03 Å². The first-order chi connectivity index (χ1) is 11.7. The molecule has 0 bridgehead atoms. The number of amides is 2. The Labute approximate surface area is 143 Å². The molecule has 2 aliphatic rings. The molecule has 3 rings (SSSR count). The molecule has 6 heteroatoms. The van der Waals surface area contributed by atoms with Gasteiger partial charge in [-0.15, -0.1) is 0 Å². The van der Waals surface area contributed by atoms with Crippen molar-refractivity contribution in [3.63, 3.8) is 0 Å². The summed E-state index contributed by atoms with van der Waals surface area (Å²) in [6, 6.07) is 1.87. The van der Waals surface area contributed by atoms with E-state index < -0.39 is 0 Å². The molecule has 1 saturated carbocycles. The number of carbonyl (C=O) groups excluding carboxylic acids is 1. The molecule has 0 spiro atoms. The van der Waals surface area contributed by atoms with Crippen LogP contribution in [0, 0.1) is 0 Å². The Kier molecular flexibility index (Phi) is 5.88. The van der Waals surface area contributed by atoms with Gasteiger partial charge in [0.05, 0.1) is 12.2 Å². The normalized spacial score (nSPS) is 18.5. The molecule has 0 radical (unpaired) electrons. The second kappa shape index (κ2) is 8.31. The van der Waals surface area contributed by atoms with Gasteiger partial charge in [-0.1, -0.05) is 25.7 Å². The molecule has 1 aromatic heterocycles. The Morgan fingerprint density at radius 2 is 1.88 bits per heavy atom. The Morgan fingerprint density at radius 3 is 2.67 bits per heavy atom. The molecule has 0 aliphatic heterocycles. The first-order valence-corrected chi connectivity index (χ1v) is 9.36. The van der Waals surface area contributed by atoms with Gasteiger partial charge in [-0.05, 0) is 44.1 Å². The molecule has 2 aliphatic carbocycles. The molecule has 2 amide bonds. The fourth-order valence-corrected chi connectivity index (χ4v) is 3.70. The summed E-state index contributed by atoms with van der Waals surface area (Å²) in [4.78, 5) is 24.1. The number of aromatic nitrogens is 2. The van der Waals surface area contributed by atoms with Gasteiger partial charge in [0.2, 0.25) is 0 Å². The van der Waals surface area contributed by atoms with Crippen LogP contribution < -0.4 is 16.2 Å². The third-order valence-electron chi connectivity index (χ3n) is 5.07. The van der Waals surface area contributed by atoms with E-state index in [2.05, 4.69) is 15.7 Å². The maximum absolute atomic E-state index is 12.1. The monoisotopic (exact) mass is 332 g/mol. The number of nitrogens with one attached hydrogen (secondary N) is 2. The van der Waals surface area contributed by atoms with E-state index in [1.165, 1.54) is 30.4 Å². The molecule has 0 saturated heterocycles. The smallest absolute Gasteiger partial charge is 0.315 e. The predicted molar refractivity (Wildman–Crippen MR) is 93.2 cm³/mol. The van der Waals surface area contributed by atoms with Crippen molar-refractivity contribution in [2.45, 2.75) is 76.8 Å². The van der Waals surface area contributed by atoms with Crippen LogP contribution in [-0.2, 0) is 19.4 Å². The molecule has 24 heavy (non-hydrogen) atoms. The summed E-state index contributed by atoms with van der Waals surface area (Å²) in [5.41, 5.74) is 2.08. The summed E-state index contributed by atoms with van der Waals surface area (Å²) in [6.45, 7) is 0.842. The Bertz CT molecular complexity index is 618. The fraction of sp³-hybridized carbons (Fsp3) is 0.722. The highest BCUT2D eigenvalue weighted by atomic mass is 16.2. The molecule has 0 atom stereocenters. The van der Waals surface area contributed by atoms with Crippen LogP contribution in [0.25, 0.3) is 0 Å². The van der Waals surface area contributed by atoms with Gasteiger partial charge >= 0.3 is 6.03 Å². The molecule has 1 aromatic rings. The summed E-state index contributed by atoms with van der Waals surface area (Å²) >= 11 is 0. The molecular formula is C18H28N4O2. The van der Waals surface area contributed by atoms with E-state index in [1.54, 1.807) is 6.07 Å². The molecule has 0 aromatic carbocycles. The average molecular weight is 332 g/mol. The van der Waals surface area contributed by atoms with Crippen molar-refractivity contribution in [3.8, 4) is 0 Å². The topological polar surface area (TPSA) is 76.0 Å². The highest BCUT2D eigenvalue weighted by Gasteiger charge is 2.15. The zero-order chi connectivity index (χ0) is 16.8. The van der Waals surface area contributed by atoms with Crippen molar-refractivity contribution in [1.29, 1.82) is 0 Å². The number of hydrogen-bond acceptors (Lipinski definition) is 3. The number of nitrogens with zero attached hydrogens (tertiary/aromatic N) is 2. The Hall–Kier alpha value is -1.85. The van der Waals surface area contributed by atoms with Crippen LogP contribution >= 0.6 is 0 Å². The van der Waals surface area contributed by atoms with Crippen molar-refractivity contribution in [1.82, 2.24) is 20.4 Å². The number of carbonyl (C=O) groups is 1.